The minimum Gasteiger partial charge on any atom is -0.612 e. The number of hydrogen-bond donors (Lipinski definition) is 0. The lowest BCUT2D eigenvalue weighted by atomic mass is 10.1. The largest absolute Gasteiger partial charge is 0.612 e. The molecule has 2 heterocycles. The summed E-state index contributed by atoms with van der Waals surface area (Å²) in [5.74, 6) is -0.275. The number of thiazole rings is 1. The van der Waals surface area contributed by atoms with E-state index < -0.39 is 11.2 Å². The van der Waals surface area contributed by atoms with Crippen LogP contribution in [0.2, 0.25) is 0 Å². The first kappa shape index (κ1) is 17.9. The zero-order chi connectivity index (χ0) is 18.8. The normalized spacial score (nSPS) is 12.1. The van der Waals surface area contributed by atoms with Gasteiger partial charge >= 0.3 is 0 Å². The van der Waals surface area contributed by atoms with Crippen molar-refractivity contribution in [2.24, 2.45) is 0 Å². The van der Waals surface area contributed by atoms with Gasteiger partial charge in [-0.15, -0.1) is 11.3 Å². The molecule has 0 spiro atoms. The van der Waals surface area contributed by atoms with E-state index in [-0.39, 0.29) is 5.82 Å². The van der Waals surface area contributed by atoms with Gasteiger partial charge in [0.05, 0.1) is 10.6 Å². The molecule has 1 atom stereocenters. The third kappa shape index (κ3) is 3.78. The molecule has 27 heavy (non-hydrogen) atoms. The number of benzene rings is 2. The molecule has 0 saturated carbocycles. The second kappa shape index (κ2) is 7.60. The number of hydrogen-bond acceptors (Lipinski definition) is 4. The molecule has 2 aromatic carbocycles. The average molecular weight is 394 g/mol. The molecule has 2 aromatic heterocycles. The van der Waals surface area contributed by atoms with Crippen molar-refractivity contribution in [2.75, 3.05) is 6.26 Å². The standard InChI is InChI=1S/C21H15FN2OS2/c1-27(25)18-8-4-16(5-9-18)21-24-19(14-2-6-17(22)7-3-14)20(26-21)15-10-12-23-13-11-15/h2-13H,1H3. The van der Waals surface area contributed by atoms with Gasteiger partial charge in [0.25, 0.3) is 0 Å². The fraction of sp³-hybridized carbons (Fsp3) is 0.0476. The third-order valence-corrected chi connectivity index (χ3v) is 6.21. The Balaban J connectivity index is 1.83. The lowest BCUT2D eigenvalue weighted by Crippen LogP contribution is -1.96. The van der Waals surface area contributed by atoms with Crippen LogP contribution >= 0.6 is 11.3 Å². The summed E-state index contributed by atoms with van der Waals surface area (Å²) in [6.45, 7) is 0. The quantitative estimate of drug-likeness (QED) is 0.435. The molecule has 0 radical (unpaired) electrons. The predicted octanol–water partition coefficient (Wildman–Crippen LogP) is 5.42. The highest BCUT2D eigenvalue weighted by atomic mass is 32.2. The van der Waals surface area contributed by atoms with Crippen molar-refractivity contribution in [1.82, 2.24) is 9.97 Å². The molecule has 0 aliphatic carbocycles. The van der Waals surface area contributed by atoms with E-state index in [1.165, 1.54) is 12.1 Å². The van der Waals surface area contributed by atoms with Crippen molar-refractivity contribution >= 4 is 22.5 Å². The van der Waals surface area contributed by atoms with Crippen molar-refractivity contribution in [3.63, 3.8) is 0 Å². The molecule has 0 fully saturated rings. The summed E-state index contributed by atoms with van der Waals surface area (Å²) in [4.78, 5) is 10.7. The summed E-state index contributed by atoms with van der Waals surface area (Å²) in [6.07, 6.45) is 5.15. The van der Waals surface area contributed by atoms with E-state index in [4.69, 9.17) is 4.98 Å². The van der Waals surface area contributed by atoms with Gasteiger partial charge < -0.3 is 4.55 Å². The summed E-state index contributed by atoms with van der Waals surface area (Å²) >= 11 is 0.557. The zero-order valence-electron chi connectivity index (χ0n) is 14.4. The van der Waals surface area contributed by atoms with Gasteiger partial charge in [-0.3, -0.25) is 4.98 Å². The van der Waals surface area contributed by atoms with Crippen LogP contribution in [0.25, 0.3) is 32.3 Å². The van der Waals surface area contributed by atoms with Crippen LogP contribution in [0.3, 0.4) is 0 Å². The Hall–Kier alpha value is -2.54. The van der Waals surface area contributed by atoms with Crippen LogP contribution < -0.4 is 0 Å². The zero-order valence-corrected chi connectivity index (χ0v) is 16.1. The highest BCUT2D eigenvalue weighted by molar-refractivity contribution is 7.90. The van der Waals surface area contributed by atoms with Gasteiger partial charge in [0.2, 0.25) is 0 Å². The molecule has 0 bridgehead atoms. The molecule has 0 N–H and O–H groups in total. The van der Waals surface area contributed by atoms with Gasteiger partial charge in [-0.2, -0.15) is 0 Å². The number of rotatable bonds is 4. The monoisotopic (exact) mass is 394 g/mol. The van der Waals surface area contributed by atoms with E-state index in [9.17, 15) is 8.94 Å². The fourth-order valence-corrected chi connectivity index (χ4v) is 4.35. The summed E-state index contributed by atoms with van der Waals surface area (Å²) in [5, 5.41) is 0.856. The van der Waals surface area contributed by atoms with Crippen LogP contribution in [-0.2, 0) is 11.2 Å². The molecule has 134 valence electrons. The van der Waals surface area contributed by atoms with E-state index >= 15 is 0 Å². The lowest BCUT2D eigenvalue weighted by Gasteiger charge is -2.04. The molecular formula is C21H15FN2OS2. The van der Waals surface area contributed by atoms with Crippen molar-refractivity contribution in [3.8, 4) is 32.3 Å². The van der Waals surface area contributed by atoms with Crippen LogP contribution in [0.4, 0.5) is 4.39 Å². The Kier molecular flexibility index (Phi) is 5.03. The van der Waals surface area contributed by atoms with E-state index in [0.29, 0.717) is 0 Å². The van der Waals surface area contributed by atoms with E-state index in [1.54, 1.807) is 42.1 Å². The Labute approximate surface area is 163 Å². The fourth-order valence-electron chi connectivity index (χ4n) is 2.74. The molecule has 6 heteroatoms. The highest BCUT2D eigenvalue weighted by Gasteiger charge is 2.16. The maximum atomic E-state index is 13.3. The topological polar surface area (TPSA) is 48.8 Å². The Morgan fingerprint density at radius 1 is 0.852 bits per heavy atom. The molecule has 0 aliphatic heterocycles. The predicted molar refractivity (Wildman–Crippen MR) is 109 cm³/mol. The minimum absolute atomic E-state index is 0.275. The second-order valence-electron chi connectivity index (χ2n) is 5.92. The van der Waals surface area contributed by atoms with Crippen LogP contribution in [0, 0.1) is 5.82 Å². The Morgan fingerprint density at radius 3 is 2.11 bits per heavy atom. The number of pyridine rings is 1. The number of halogens is 1. The van der Waals surface area contributed by atoms with Crippen molar-refractivity contribution in [1.29, 1.82) is 0 Å². The van der Waals surface area contributed by atoms with Crippen molar-refractivity contribution < 1.29 is 8.94 Å². The maximum absolute atomic E-state index is 13.3. The SMILES string of the molecule is C[S+]([O-])c1ccc(-c2nc(-c3ccc(F)cc3)c(-c3ccncc3)s2)cc1. The second-order valence-corrected chi connectivity index (χ2v) is 8.30. The van der Waals surface area contributed by atoms with Gasteiger partial charge in [0.15, 0.2) is 4.90 Å². The first-order chi connectivity index (χ1) is 13.1. The van der Waals surface area contributed by atoms with E-state index in [0.717, 1.165) is 37.2 Å². The molecule has 4 aromatic rings. The van der Waals surface area contributed by atoms with Gasteiger partial charge in [0, 0.05) is 23.5 Å². The summed E-state index contributed by atoms with van der Waals surface area (Å²) in [5.41, 5.74) is 3.64. The molecule has 0 saturated heterocycles. The Morgan fingerprint density at radius 2 is 1.48 bits per heavy atom. The van der Waals surface area contributed by atoms with E-state index in [1.807, 2.05) is 36.4 Å². The maximum Gasteiger partial charge on any atom is 0.152 e. The number of aromatic nitrogens is 2. The van der Waals surface area contributed by atoms with E-state index in [2.05, 4.69) is 4.98 Å². The first-order valence-electron chi connectivity index (χ1n) is 8.23. The van der Waals surface area contributed by atoms with Crippen LogP contribution in [-0.4, -0.2) is 20.8 Å². The number of nitrogens with zero attached hydrogens (tertiary/aromatic N) is 2. The molecular weight excluding hydrogens is 379 g/mol. The van der Waals surface area contributed by atoms with Crippen molar-refractivity contribution in [2.45, 2.75) is 4.90 Å². The first-order valence-corrected chi connectivity index (χ1v) is 10.6. The molecule has 0 aliphatic rings. The van der Waals surface area contributed by atoms with Gasteiger partial charge in [0.1, 0.15) is 17.1 Å². The molecule has 1 unspecified atom stereocenters. The summed E-state index contributed by atoms with van der Waals surface area (Å²) in [6, 6.07) is 17.8. The van der Waals surface area contributed by atoms with Crippen LogP contribution in [0.1, 0.15) is 0 Å². The summed E-state index contributed by atoms with van der Waals surface area (Å²) < 4.78 is 25.0. The molecule has 4 rings (SSSR count). The lowest BCUT2D eigenvalue weighted by molar-refractivity contribution is 0.601. The highest BCUT2D eigenvalue weighted by Crippen LogP contribution is 2.40. The van der Waals surface area contributed by atoms with Crippen LogP contribution in [0.15, 0.2) is 78.0 Å². The van der Waals surface area contributed by atoms with Gasteiger partial charge in [-0.05, 0) is 77.4 Å². The molecule has 3 nitrogen and oxygen atoms in total. The van der Waals surface area contributed by atoms with Gasteiger partial charge in [-0.1, -0.05) is 0 Å². The minimum atomic E-state index is -1.01. The van der Waals surface area contributed by atoms with Crippen molar-refractivity contribution in [3.05, 3.63) is 78.9 Å². The molecule has 0 amide bonds. The Bertz CT molecular complexity index is 1050. The third-order valence-electron chi connectivity index (χ3n) is 4.12. The average Bonchev–Trinajstić information content (AvgIpc) is 3.15. The summed E-state index contributed by atoms with van der Waals surface area (Å²) in [7, 11) is 0. The van der Waals surface area contributed by atoms with Crippen LogP contribution in [0.5, 0.6) is 0 Å². The van der Waals surface area contributed by atoms with Gasteiger partial charge in [-0.25, -0.2) is 9.37 Å². The smallest absolute Gasteiger partial charge is 0.152 e.